The average molecular weight is 256 g/mol. The van der Waals surface area contributed by atoms with Crippen LogP contribution in [-0.4, -0.2) is 24.5 Å². The number of hydrogen-bond acceptors (Lipinski definition) is 3. The van der Waals surface area contributed by atoms with E-state index in [1.54, 1.807) is 12.1 Å². The van der Waals surface area contributed by atoms with Gasteiger partial charge in [-0.05, 0) is 24.5 Å². The lowest BCUT2D eigenvalue weighted by molar-refractivity contribution is -0.121. The molecule has 3 nitrogen and oxygen atoms in total. The van der Waals surface area contributed by atoms with E-state index in [0.717, 1.165) is 10.6 Å². The molecule has 1 aliphatic rings. The minimum Gasteiger partial charge on any atom is -0.303 e. The fraction of sp³-hybridized carbons (Fsp3) is 0.273. The summed E-state index contributed by atoms with van der Waals surface area (Å²) in [7, 11) is 0. The van der Waals surface area contributed by atoms with Gasteiger partial charge in [-0.2, -0.15) is 0 Å². The predicted molar refractivity (Wildman–Crippen MR) is 65.2 cm³/mol. The summed E-state index contributed by atoms with van der Waals surface area (Å²) in [6.07, 6.45) is 1.93. The second-order valence-corrected chi connectivity index (χ2v) is 4.80. The number of anilines is 1. The SMILES string of the molecule is CSc1ccc(Cl)cc1N1CC(=O)CC1=O. The minimum atomic E-state index is -0.150. The number of ketones is 1. The van der Waals surface area contributed by atoms with Crippen LogP contribution in [0.1, 0.15) is 6.42 Å². The van der Waals surface area contributed by atoms with E-state index in [4.69, 9.17) is 11.6 Å². The van der Waals surface area contributed by atoms with Gasteiger partial charge >= 0.3 is 0 Å². The third-order valence-electron chi connectivity index (χ3n) is 2.42. The highest BCUT2D eigenvalue weighted by atomic mass is 35.5. The highest BCUT2D eigenvalue weighted by Crippen LogP contribution is 2.33. The van der Waals surface area contributed by atoms with Gasteiger partial charge in [-0.3, -0.25) is 9.59 Å². The fourth-order valence-electron chi connectivity index (χ4n) is 1.68. The molecule has 0 spiro atoms. The van der Waals surface area contributed by atoms with E-state index in [0.29, 0.717) is 5.02 Å². The molecule has 0 N–H and O–H groups in total. The van der Waals surface area contributed by atoms with Gasteiger partial charge < -0.3 is 4.90 Å². The molecular formula is C11H10ClNO2S. The van der Waals surface area contributed by atoms with Crippen LogP contribution < -0.4 is 4.90 Å². The lowest BCUT2D eigenvalue weighted by atomic mass is 10.3. The second-order valence-electron chi connectivity index (χ2n) is 3.51. The first kappa shape index (κ1) is 11.5. The molecule has 84 valence electrons. The Morgan fingerprint density at radius 2 is 2.12 bits per heavy atom. The van der Waals surface area contributed by atoms with Gasteiger partial charge in [0.05, 0.1) is 18.7 Å². The molecule has 1 aliphatic heterocycles. The van der Waals surface area contributed by atoms with Gasteiger partial charge in [-0.15, -0.1) is 11.8 Å². The van der Waals surface area contributed by atoms with Crippen molar-refractivity contribution >= 4 is 40.7 Å². The maximum absolute atomic E-state index is 11.6. The first-order valence-corrected chi connectivity index (χ1v) is 6.37. The number of nitrogens with zero attached hydrogens (tertiary/aromatic N) is 1. The molecule has 0 saturated carbocycles. The predicted octanol–water partition coefficient (Wildman–Crippen LogP) is 2.37. The Morgan fingerprint density at radius 1 is 1.38 bits per heavy atom. The van der Waals surface area contributed by atoms with Crippen molar-refractivity contribution in [2.45, 2.75) is 11.3 Å². The fourth-order valence-corrected chi connectivity index (χ4v) is 2.43. The molecule has 1 aromatic carbocycles. The van der Waals surface area contributed by atoms with Crippen LogP contribution in [0.5, 0.6) is 0 Å². The van der Waals surface area contributed by atoms with E-state index in [1.165, 1.54) is 16.7 Å². The second kappa shape index (κ2) is 4.47. The molecular weight excluding hydrogens is 246 g/mol. The van der Waals surface area contributed by atoms with Gasteiger partial charge in [0.2, 0.25) is 5.91 Å². The lowest BCUT2D eigenvalue weighted by Crippen LogP contribution is -2.25. The zero-order chi connectivity index (χ0) is 11.7. The first-order valence-electron chi connectivity index (χ1n) is 4.77. The summed E-state index contributed by atoms with van der Waals surface area (Å²) in [6, 6.07) is 5.36. The Balaban J connectivity index is 2.42. The van der Waals surface area contributed by atoms with Gasteiger partial charge in [0.1, 0.15) is 0 Å². The van der Waals surface area contributed by atoms with Crippen LogP contribution >= 0.6 is 23.4 Å². The Labute approximate surface area is 103 Å². The van der Waals surface area contributed by atoms with Crippen molar-refractivity contribution in [1.82, 2.24) is 0 Å². The van der Waals surface area contributed by atoms with Crippen LogP contribution in [-0.2, 0) is 9.59 Å². The van der Waals surface area contributed by atoms with E-state index in [-0.39, 0.29) is 24.7 Å². The largest absolute Gasteiger partial charge is 0.303 e. The summed E-state index contributed by atoms with van der Waals surface area (Å²) in [5.41, 5.74) is 0.732. The molecule has 1 amide bonds. The number of thioether (sulfide) groups is 1. The zero-order valence-electron chi connectivity index (χ0n) is 8.70. The minimum absolute atomic E-state index is 0.000332. The van der Waals surface area contributed by atoms with E-state index < -0.39 is 0 Å². The normalized spacial score (nSPS) is 16.0. The molecule has 2 rings (SSSR count). The van der Waals surface area contributed by atoms with Crippen LogP contribution in [0.3, 0.4) is 0 Å². The third kappa shape index (κ3) is 2.08. The number of carbonyl (C=O) groups is 2. The molecule has 16 heavy (non-hydrogen) atoms. The van der Waals surface area contributed by atoms with Gasteiger partial charge in [0, 0.05) is 9.92 Å². The summed E-state index contributed by atoms with van der Waals surface area (Å²) < 4.78 is 0. The molecule has 1 saturated heterocycles. The van der Waals surface area contributed by atoms with Crippen LogP contribution in [0.15, 0.2) is 23.1 Å². The third-order valence-corrected chi connectivity index (χ3v) is 3.44. The van der Waals surface area contributed by atoms with Crippen molar-refractivity contribution in [1.29, 1.82) is 0 Å². The molecule has 5 heteroatoms. The summed E-state index contributed by atoms with van der Waals surface area (Å²) >= 11 is 7.43. The average Bonchev–Trinajstić information content (AvgIpc) is 2.57. The molecule has 0 atom stereocenters. The Bertz CT molecular complexity index is 461. The molecule has 0 aromatic heterocycles. The molecule has 0 unspecified atom stereocenters. The highest BCUT2D eigenvalue weighted by molar-refractivity contribution is 7.98. The molecule has 0 radical (unpaired) electrons. The van der Waals surface area contributed by atoms with Crippen LogP contribution in [0.2, 0.25) is 5.02 Å². The standard InChI is InChI=1S/C11H10ClNO2S/c1-16-10-3-2-7(12)4-9(10)13-6-8(14)5-11(13)15/h2-4H,5-6H2,1H3. The van der Waals surface area contributed by atoms with Gasteiger partial charge in [-0.25, -0.2) is 0 Å². The molecule has 1 heterocycles. The van der Waals surface area contributed by atoms with E-state index in [2.05, 4.69) is 0 Å². The van der Waals surface area contributed by atoms with Crippen molar-refractivity contribution in [3.8, 4) is 0 Å². The molecule has 1 aromatic rings. The molecule has 1 fully saturated rings. The van der Waals surface area contributed by atoms with Crippen molar-refractivity contribution < 1.29 is 9.59 Å². The summed E-state index contributed by atoms with van der Waals surface area (Å²) in [5.74, 6) is -0.195. The first-order chi connectivity index (χ1) is 7.61. The summed E-state index contributed by atoms with van der Waals surface area (Å²) in [4.78, 5) is 25.3. The molecule has 0 bridgehead atoms. The number of halogens is 1. The van der Waals surface area contributed by atoms with Gasteiger partial charge in [0.25, 0.3) is 0 Å². The van der Waals surface area contributed by atoms with E-state index in [9.17, 15) is 9.59 Å². The monoisotopic (exact) mass is 255 g/mol. The zero-order valence-corrected chi connectivity index (χ0v) is 10.3. The lowest BCUT2D eigenvalue weighted by Gasteiger charge is -2.18. The topological polar surface area (TPSA) is 37.4 Å². The van der Waals surface area contributed by atoms with Crippen LogP contribution in [0.25, 0.3) is 0 Å². The van der Waals surface area contributed by atoms with Crippen LogP contribution in [0.4, 0.5) is 5.69 Å². The molecule has 0 aliphatic carbocycles. The number of Topliss-reactive ketones (excluding diaryl/α,β-unsaturated/α-hetero) is 1. The maximum atomic E-state index is 11.6. The van der Waals surface area contributed by atoms with Crippen LogP contribution in [0, 0.1) is 0 Å². The van der Waals surface area contributed by atoms with Gasteiger partial charge in [-0.1, -0.05) is 11.6 Å². The summed E-state index contributed by atoms with van der Waals surface area (Å²) in [6.45, 7) is 0.159. The number of benzene rings is 1. The summed E-state index contributed by atoms with van der Waals surface area (Å²) in [5, 5.41) is 0.569. The van der Waals surface area contributed by atoms with E-state index >= 15 is 0 Å². The number of rotatable bonds is 2. The Hall–Kier alpha value is -1.00. The van der Waals surface area contributed by atoms with Crippen molar-refractivity contribution in [2.24, 2.45) is 0 Å². The van der Waals surface area contributed by atoms with Crippen molar-refractivity contribution in [3.63, 3.8) is 0 Å². The van der Waals surface area contributed by atoms with Crippen molar-refractivity contribution in [2.75, 3.05) is 17.7 Å². The number of carbonyl (C=O) groups excluding carboxylic acids is 2. The number of amides is 1. The number of hydrogen-bond donors (Lipinski definition) is 0. The Kier molecular flexibility index (Phi) is 3.21. The maximum Gasteiger partial charge on any atom is 0.234 e. The smallest absolute Gasteiger partial charge is 0.234 e. The Morgan fingerprint density at radius 3 is 2.69 bits per heavy atom. The highest BCUT2D eigenvalue weighted by Gasteiger charge is 2.29. The van der Waals surface area contributed by atoms with Crippen molar-refractivity contribution in [3.05, 3.63) is 23.2 Å². The van der Waals surface area contributed by atoms with E-state index in [1.807, 2.05) is 12.3 Å². The van der Waals surface area contributed by atoms with Gasteiger partial charge in [0.15, 0.2) is 5.78 Å². The quantitative estimate of drug-likeness (QED) is 0.601.